The van der Waals surface area contributed by atoms with Crippen molar-refractivity contribution in [3.63, 3.8) is 0 Å². The first kappa shape index (κ1) is 11.4. The molecule has 17 heavy (non-hydrogen) atoms. The third-order valence-corrected chi connectivity index (χ3v) is 4.36. The van der Waals surface area contributed by atoms with Crippen LogP contribution in [0.25, 0.3) is 11.3 Å². The highest BCUT2D eigenvalue weighted by molar-refractivity contribution is 9.10. The van der Waals surface area contributed by atoms with E-state index >= 15 is 0 Å². The minimum absolute atomic E-state index is 0.741. The van der Waals surface area contributed by atoms with E-state index in [9.17, 15) is 0 Å². The average molecular weight is 309 g/mol. The van der Waals surface area contributed by atoms with Gasteiger partial charge >= 0.3 is 0 Å². The zero-order chi connectivity index (χ0) is 11.7. The van der Waals surface area contributed by atoms with Gasteiger partial charge in [0.25, 0.3) is 0 Å². The molecular weight excluding hydrogens is 296 g/mol. The van der Waals surface area contributed by atoms with Gasteiger partial charge in [-0.15, -0.1) is 11.3 Å². The Balaban J connectivity index is 1.77. The van der Waals surface area contributed by atoms with Crippen LogP contribution in [0.3, 0.4) is 0 Å². The summed E-state index contributed by atoms with van der Waals surface area (Å²) in [7, 11) is 0. The van der Waals surface area contributed by atoms with Crippen LogP contribution in [-0.4, -0.2) is 11.0 Å². The molecule has 2 aromatic rings. The Bertz CT molecular complexity index is 520. The first-order valence-electron chi connectivity index (χ1n) is 5.75. The molecule has 0 aliphatic heterocycles. The maximum atomic E-state index is 4.67. The number of nitrogens with zero attached hydrogens (tertiary/aromatic N) is 1. The molecule has 0 saturated heterocycles. The highest BCUT2D eigenvalue weighted by Crippen LogP contribution is 2.29. The molecule has 0 atom stereocenters. The molecule has 1 N–H and O–H groups in total. The van der Waals surface area contributed by atoms with Crippen molar-refractivity contribution in [2.45, 2.75) is 25.4 Å². The van der Waals surface area contributed by atoms with Crippen LogP contribution in [0.5, 0.6) is 0 Å². The summed E-state index contributed by atoms with van der Waals surface area (Å²) in [5.41, 5.74) is 2.23. The Kier molecular flexibility index (Phi) is 3.27. The Hall–Kier alpha value is -0.710. The van der Waals surface area contributed by atoms with Crippen LogP contribution < -0.4 is 5.32 Å². The summed E-state index contributed by atoms with van der Waals surface area (Å²) in [6, 6.07) is 8.95. The van der Waals surface area contributed by atoms with Gasteiger partial charge in [-0.2, -0.15) is 0 Å². The Morgan fingerprint density at radius 2 is 2.18 bits per heavy atom. The van der Waals surface area contributed by atoms with Crippen molar-refractivity contribution in [1.82, 2.24) is 10.3 Å². The number of hydrogen-bond acceptors (Lipinski definition) is 3. The van der Waals surface area contributed by atoms with Crippen LogP contribution in [0.4, 0.5) is 0 Å². The van der Waals surface area contributed by atoms with Gasteiger partial charge in [0.05, 0.1) is 5.69 Å². The van der Waals surface area contributed by atoms with Crippen LogP contribution >= 0.6 is 27.3 Å². The fraction of sp³-hybridized carbons (Fsp3) is 0.308. The van der Waals surface area contributed by atoms with E-state index in [1.807, 2.05) is 12.1 Å². The molecule has 3 rings (SSSR count). The van der Waals surface area contributed by atoms with Gasteiger partial charge in [0.15, 0.2) is 0 Å². The van der Waals surface area contributed by atoms with E-state index in [1.165, 1.54) is 23.4 Å². The minimum Gasteiger partial charge on any atom is -0.308 e. The lowest BCUT2D eigenvalue weighted by atomic mass is 10.2. The van der Waals surface area contributed by atoms with E-state index in [1.54, 1.807) is 11.3 Å². The van der Waals surface area contributed by atoms with Crippen LogP contribution in [0.1, 0.15) is 17.8 Å². The van der Waals surface area contributed by atoms with E-state index < -0.39 is 0 Å². The first-order valence-corrected chi connectivity index (χ1v) is 7.43. The maximum absolute atomic E-state index is 4.67. The number of aromatic nitrogens is 1. The molecule has 0 spiro atoms. The number of benzene rings is 1. The van der Waals surface area contributed by atoms with E-state index in [2.05, 4.69) is 43.7 Å². The van der Waals surface area contributed by atoms with Gasteiger partial charge in [0.2, 0.25) is 0 Å². The monoisotopic (exact) mass is 308 g/mol. The van der Waals surface area contributed by atoms with Crippen molar-refractivity contribution < 1.29 is 0 Å². The largest absolute Gasteiger partial charge is 0.308 e. The van der Waals surface area contributed by atoms with Crippen LogP contribution in [-0.2, 0) is 6.54 Å². The molecule has 1 fully saturated rings. The molecule has 0 radical (unpaired) electrons. The lowest BCUT2D eigenvalue weighted by molar-refractivity contribution is 0.685. The van der Waals surface area contributed by atoms with Crippen LogP contribution in [0.2, 0.25) is 0 Å². The number of thiazole rings is 1. The van der Waals surface area contributed by atoms with Gasteiger partial charge in [-0.3, -0.25) is 0 Å². The summed E-state index contributed by atoms with van der Waals surface area (Å²) in [6.07, 6.45) is 2.64. The van der Waals surface area contributed by atoms with Crippen molar-refractivity contribution in [1.29, 1.82) is 0 Å². The predicted molar refractivity (Wildman–Crippen MR) is 75.1 cm³/mol. The van der Waals surface area contributed by atoms with Crippen molar-refractivity contribution in [3.05, 3.63) is 39.1 Å². The van der Waals surface area contributed by atoms with Crippen molar-refractivity contribution >= 4 is 27.3 Å². The standard InChI is InChI=1S/C13H13BrN2S/c14-11-4-2-1-3-10(11)12-8-17-13(16-12)7-15-9-5-6-9/h1-4,8-9,15H,5-7H2. The second-order valence-corrected chi connectivity index (χ2v) is 6.06. The van der Waals surface area contributed by atoms with E-state index in [0.29, 0.717) is 0 Å². The molecule has 4 heteroatoms. The fourth-order valence-electron chi connectivity index (χ4n) is 1.70. The van der Waals surface area contributed by atoms with Crippen LogP contribution in [0, 0.1) is 0 Å². The highest BCUT2D eigenvalue weighted by atomic mass is 79.9. The van der Waals surface area contributed by atoms with Crippen molar-refractivity contribution in [2.75, 3.05) is 0 Å². The molecular formula is C13H13BrN2S. The molecule has 1 aromatic heterocycles. The summed E-state index contributed by atoms with van der Waals surface area (Å²) < 4.78 is 1.10. The Labute approximate surface area is 113 Å². The summed E-state index contributed by atoms with van der Waals surface area (Å²) in [5.74, 6) is 0. The van der Waals surface area contributed by atoms with Gasteiger partial charge in [-0.1, -0.05) is 34.1 Å². The smallest absolute Gasteiger partial charge is 0.107 e. The molecule has 88 valence electrons. The number of rotatable bonds is 4. The molecule has 1 aliphatic rings. The molecule has 1 saturated carbocycles. The summed E-state index contributed by atoms with van der Waals surface area (Å²) in [5, 5.41) is 6.79. The first-order chi connectivity index (χ1) is 8.33. The normalized spacial score (nSPS) is 15.1. The number of halogens is 1. The van der Waals surface area contributed by atoms with Crippen molar-refractivity contribution in [3.8, 4) is 11.3 Å². The Morgan fingerprint density at radius 1 is 1.35 bits per heavy atom. The number of nitrogens with one attached hydrogen (secondary N) is 1. The van der Waals surface area contributed by atoms with Gasteiger partial charge in [-0.05, 0) is 18.9 Å². The maximum Gasteiger partial charge on any atom is 0.107 e. The van der Waals surface area contributed by atoms with Crippen LogP contribution in [0.15, 0.2) is 34.1 Å². The molecule has 1 heterocycles. The van der Waals surface area contributed by atoms with E-state index in [-0.39, 0.29) is 0 Å². The lowest BCUT2D eigenvalue weighted by Gasteiger charge is -2.00. The SMILES string of the molecule is Brc1ccccc1-c1csc(CNC2CC2)n1. The average Bonchev–Trinajstić information content (AvgIpc) is 3.06. The molecule has 0 unspecified atom stereocenters. The lowest BCUT2D eigenvalue weighted by Crippen LogP contribution is -2.14. The van der Waals surface area contributed by atoms with Crippen molar-refractivity contribution in [2.24, 2.45) is 0 Å². The Morgan fingerprint density at radius 3 is 2.94 bits per heavy atom. The topological polar surface area (TPSA) is 24.9 Å². The molecule has 1 aromatic carbocycles. The second-order valence-electron chi connectivity index (χ2n) is 4.26. The third kappa shape index (κ3) is 2.76. The predicted octanol–water partition coefficient (Wildman–Crippen LogP) is 3.82. The molecule has 2 nitrogen and oxygen atoms in total. The summed E-state index contributed by atoms with van der Waals surface area (Å²) >= 11 is 5.29. The second kappa shape index (κ2) is 4.88. The quantitative estimate of drug-likeness (QED) is 0.928. The zero-order valence-corrected chi connectivity index (χ0v) is 11.7. The minimum atomic E-state index is 0.741. The molecule has 0 bridgehead atoms. The molecule has 1 aliphatic carbocycles. The number of hydrogen-bond donors (Lipinski definition) is 1. The zero-order valence-electron chi connectivity index (χ0n) is 9.32. The third-order valence-electron chi connectivity index (χ3n) is 2.82. The fourth-order valence-corrected chi connectivity index (χ4v) is 2.94. The molecule has 0 amide bonds. The van der Waals surface area contributed by atoms with E-state index in [4.69, 9.17) is 0 Å². The van der Waals surface area contributed by atoms with Gasteiger partial charge in [-0.25, -0.2) is 4.98 Å². The van der Waals surface area contributed by atoms with Gasteiger partial charge < -0.3 is 5.32 Å². The summed E-state index contributed by atoms with van der Waals surface area (Å²) in [4.78, 5) is 4.67. The summed E-state index contributed by atoms with van der Waals surface area (Å²) in [6.45, 7) is 0.903. The highest BCUT2D eigenvalue weighted by Gasteiger charge is 2.20. The van der Waals surface area contributed by atoms with Gasteiger partial charge in [0, 0.05) is 28.0 Å². The van der Waals surface area contributed by atoms with Gasteiger partial charge in [0.1, 0.15) is 5.01 Å². The van der Waals surface area contributed by atoms with E-state index in [0.717, 1.165) is 22.8 Å².